The van der Waals surface area contributed by atoms with Crippen LogP contribution < -0.4 is 0 Å². The van der Waals surface area contributed by atoms with Crippen LogP contribution in [0.15, 0.2) is 24.3 Å². The van der Waals surface area contributed by atoms with Crippen LogP contribution in [0.1, 0.15) is 33.6 Å². The third kappa shape index (κ3) is 1.73. The van der Waals surface area contributed by atoms with Gasteiger partial charge in [-0.15, -0.1) is 0 Å². The summed E-state index contributed by atoms with van der Waals surface area (Å²) in [6.07, 6.45) is 1.07. The summed E-state index contributed by atoms with van der Waals surface area (Å²) in [6.45, 7) is 0.116. The van der Waals surface area contributed by atoms with Gasteiger partial charge in [-0.3, -0.25) is 19.3 Å². The van der Waals surface area contributed by atoms with Gasteiger partial charge in [0.05, 0.1) is 29.3 Å². The number of amides is 2. The molecule has 6 nitrogen and oxygen atoms in total. The smallest absolute Gasteiger partial charge is 0.309 e. The first-order valence-electron chi connectivity index (χ1n) is 7.41. The Morgan fingerprint density at radius 3 is 2.32 bits per heavy atom. The maximum Gasteiger partial charge on any atom is 0.309 e. The highest BCUT2D eigenvalue weighted by molar-refractivity contribution is 6.21. The Morgan fingerprint density at radius 1 is 1.14 bits per heavy atom. The van der Waals surface area contributed by atoms with Gasteiger partial charge in [-0.1, -0.05) is 12.1 Å². The summed E-state index contributed by atoms with van der Waals surface area (Å²) in [5.74, 6) is -2.55. The number of carboxylic acid groups (broad SMARTS) is 1. The third-order valence-electron chi connectivity index (χ3n) is 4.98. The molecule has 2 saturated heterocycles. The SMILES string of the molecule is O=C(O)C1C2CCC(O2)C1CN1C(=O)c2ccccc2C1=O. The highest BCUT2D eigenvalue weighted by atomic mass is 16.5. The van der Waals surface area contributed by atoms with E-state index in [-0.39, 0.29) is 36.5 Å². The zero-order valence-corrected chi connectivity index (χ0v) is 11.8. The molecule has 1 aromatic rings. The van der Waals surface area contributed by atoms with E-state index in [2.05, 4.69) is 0 Å². The van der Waals surface area contributed by atoms with Gasteiger partial charge in [0.25, 0.3) is 11.8 Å². The fourth-order valence-corrected chi connectivity index (χ4v) is 3.96. The Morgan fingerprint density at radius 2 is 1.73 bits per heavy atom. The van der Waals surface area contributed by atoms with Crippen LogP contribution in [0.2, 0.25) is 0 Å². The average molecular weight is 301 g/mol. The van der Waals surface area contributed by atoms with Gasteiger partial charge in [0.1, 0.15) is 0 Å². The molecule has 4 atom stereocenters. The fourth-order valence-electron chi connectivity index (χ4n) is 3.96. The molecule has 6 heteroatoms. The molecule has 2 amide bonds. The van der Waals surface area contributed by atoms with Crippen molar-refractivity contribution < 1.29 is 24.2 Å². The van der Waals surface area contributed by atoms with Crippen molar-refractivity contribution in [1.29, 1.82) is 0 Å². The van der Waals surface area contributed by atoms with Gasteiger partial charge >= 0.3 is 5.97 Å². The molecule has 3 aliphatic heterocycles. The Balaban J connectivity index is 1.61. The minimum atomic E-state index is -0.909. The van der Waals surface area contributed by atoms with Crippen LogP contribution in [0.5, 0.6) is 0 Å². The summed E-state index contributed by atoms with van der Waals surface area (Å²) < 4.78 is 5.69. The summed E-state index contributed by atoms with van der Waals surface area (Å²) in [5.41, 5.74) is 0.784. The predicted molar refractivity (Wildman–Crippen MR) is 74.3 cm³/mol. The number of aliphatic carboxylic acids is 1. The Kier molecular flexibility index (Phi) is 2.84. The van der Waals surface area contributed by atoms with Crippen LogP contribution in [-0.4, -0.2) is 46.5 Å². The number of benzene rings is 1. The molecule has 3 aliphatic rings. The van der Waals surface area contributed by atoms with E-state index in [1.165, 1.54) is 4.90 Å². The maximum atomic E-state index is 12.4. The minimum Gasteiger partial charge on any atom is -0.481 e. The van der Waals surface area contributed by atoms with Crippen molar-refractivity contribution >= 4 is 17.8 Å². The summed E-state index contributed by atoms with van der Waals surface area (Å²) in [4.78, 5) is 37.5. The van der Waals surface area contributed by atoms with E-state index in [1.54, 1.807) is 24.3 Å². The van der Waals surface area contributed by atoms with Crippen LogP contribution in [0.3, 0.4) is 0 Å². The molecule has 0 aromatic heterocycles. The second-order valence-electron chi connectivity index (χ2n) is 6.08. The second-order valence-corrected chi connectivity index (χ2v) is 6.08. The molecule has 2 bridgehead atoms. The molecule has 2 fully saturated rings. The molecule has 4 unspecified atom stereocenters. The molecule has 0 aliphatic carbocycles. The topological polar surface area (TPSA) is 83.9 Å². The summed E-state index contributed by atoms with van der Waals surface area (Å²) >= 11 is 0. The van der Waals surface area contributed by atoms with Crippen LogP contribution in [-0.2, 0) is 9.53 Å². The van der Waals surface area contributed by atoms with Gasteiger partial charge < -0.3 is 9.84 Å². The Bertz CT molecular complexity index is 650. The number of hydrogen-bond donors (Lipinski definition) is 1. The van der Waals surface area contributed by atoms with Crippen LogP contribution in [0.4, 0.5) is 0 Å². The number of carboxylic acids is 1. The number of imide groups is 1. The van der Waals surface area contributed by atoms with Gasteiger partial charge in [-0.25, -0.2) is 0 Å². The lowest BCUT2D eigenvalue weighted by Gasteiger charge is -2.28. The Hall–Kier alpha value is -2.21. The summed E-state index contributed by atoms with van der Waals surface area (Å²) in [7, 11) is 0. The molecule has 3 heterocycles. The normalized spacial score (nSPS) is 32.6. The summed E-state index contributed by atoms with van der Waals surface area (Å²) in [5, 5.41) is 9.42. The first-order chi connectivity index (χ1) is 10.6. The minimum absolute atomic E-state index is 0.116. The molecule has 0 radical (unpaired) electrons. The zero-order valence-electron chi connectivity index (χ0n) is 11.8. The molecule has 1 aromatic carbocycles. The molecular formula is C16H15NO5. The maximum absolute atomic E-state index is 12.4. The van der Waals surface area contributed by atoms with E-state index in [9.17, 15) is 19.5 Å². The molecule has 1 N–H and O–H groups in total. The van der Waals surface area contributed by atoms with Gasteiger partial charge in [-0.2, -0.15) is 0 Å². The number of nitrogens with zero attached hydrogens (tertiary/aromatic N) is 1. The number of fused-ring (bicyclic) bond motifs is 3. The predicted octanol–water partition coefficient (Wildman–Crippen LogP) is 1.16. The number of carbonyl (C=O) groups is 3. The molecule has 22 heavy (non-hydrogen) atoms. The second kappa shape index (κ2) is 4.64. The number of ether oxygens (including phenoxy) is 1. The molecule has 0 spiro atoms. The van der Waals surface area contributed by atoms with Crippen molar-refractivity contribution in [1.82, 2.24) is 4.90 Å². The number of hydrogen-bond acceptors (Lipinski definition) is 4. The lowest BCUT2D eigenvalue weighted by molar-refractivity contribution is -0.145. The van der Waals surface area contributed by atoms with Gasteiger partial charge in [0.2, 0.25) is 0 Å². The standard InChI is InChI=1S/C16H15NO5/c18-14-8-3-1-2-4-9(8)15(19)17(14)7-10-11-5-6-12(22-11)13(10)16(20)21/h1-4,10-13H,5-7H2,(H,20,21). The molecule has 4 rings (SSSR count). The highest BCUT2D eigenvalue weighted by Gasteiger charge is 2.54. The molecule has 0 saturated carbocycles. The molecular weight excluding hydrogens is 286 g/mol. The van der Waals surface area contributed by atoms with Crippen LogP contribution in [0, 0.1) is 11.8 Å². The molecule has 114 valence electrons. The van der Waals surface area contributed by atoms with Crippen LogP contribution in [0.25, 0.3) is 0 Å². The van der Waals surface area contributed by atoms with Gasteiger partial charge in [0, 0.05) is 12.5 Å². The van der Waals surface area contributed by atoms with Gasteiger partial charge in [-0.05, 0) is 25.0 Å². The lowest BCUT2D eigenvalue weighted by atomic mass is 9.79. The highest BCUT2D eigenvalue weighted by Crippen LogP contribution is 2.44. The van der Waals surface area contributed by atoms with Gasteiger partial charge in [0.15, 0.2) is 0 Å². The zero-order chi connectivity index (χ0) is 15.4. The van der Waals surface area contributed by atoms with Crippen molar-refractivity contribution in [2.24, 2.45) is 11.8 Å². The van der Waals surface area contributed by atoms with Crippen molar-refractivity contribution in [2.45, 2.75) is 25.0 Å². The van der Waals surface area contributed by atoms with Crippen LogP contribution >= 0.6 is 0 Å². The van der Waals surface area contributed by atoms with E-state index in [4.69, 9.17) is 4.74 Å². The lowest BCUT2D eigenvalue weighted by Crippen LogP contribution is -2.43. The van der Waals surface area contributed by atoms with Crippen molar-refractivity contribution in [3.63, 3.8) is 0 Å². The van der Waals surface area contributed by atoms with Crippen molar-refractivity contribution in [2.75, 3.05) is 6.54 Å². The number of carbonyl (C=O) groups excluding carboxylic acids is 2. The van der Waals surface area contributed by atoms with Crippen molar-refractivity contribution in [3.05, 3.63) is 35.4 Å². The first-order valence-corrected chi connectivity index (χ1v) is 7.41. The van der Waals surface area contributed by atoms with E-state index in [1.807, 2.05) is 0 Å². The monoisotopic (exact) mass is 301 g/mol. The largest absolute Gasteiger partial charge is 0.481 e. The van der Waals surface area contributed by atoms with E-state index in [0.717, 1.165) is 12.8 Å². The first kappa shape index (κ1) is 13.5. The Labute approximate surface area is 126 Å². The van der Waals surface area contributed by atoms with E-state index < -0.39 is 11.9 Å². The summed E-state index contributed by atoms with van der Waals surface area (Å²) in [6, 6.07) is 6.69. The van der Waals surface area contributed by atoms with E-state index >= 15 is 0 Å². The fraction of sp³-hybridized carbons (Fsp3) is 0.438. The third-order valence-corrected chi connectivity index (χ3v) is 4.98. The number of rotatable bonds is 3. The quantitative estimate of drug-likeness (QED) is 0.847. The average Bonchev–Trinajstić information content (AvgIpc) is 3.17. The van der Waals surface area contributed by atoms with Crippen molar-refractivity contribution in [3.8, 4) is 0 Å². The van der Waals surface area contributed by atoms with E-state index in [0.29, 0.717) is 11.1 Å².